The third-order valence-corrected chi connectivity index (χ3v) is 3.71. The van der Waals surface area contributed by atoms with Crippen LogP contribution in [0.15, 0.2) is 24.4 Å². The molecule has 0 aliphatic carbocycles. The van der Waals surface area contributed by atoms with Gasteiger partial charge in [0.1, 0.15) is 10.6 Å². The molecule has 0 bridgehead atoms. The normalized spacial score (nSPS) is 10.4. The quantitative estimate of drug-likeness (QED) is 0.912. The number of ether oxygens (including phenoxy) is 1. The fourth-order valence-electron chi connectivity index (χ4n) is 1.73. The molecule has 19 heavy (non-hydrogen) atoms. The molecule has 1 aromatic carbocycles. The van der Waals surface area contributed by atoms with Crippen molar-refractivity contribution < 1.29 is 14.6 Å². The summed E-state index contributed by atoms with van der Waals surface area (Å²) in [6.07, 6.45) is 2.00. The third kappa shape index (κ3) is 3.54. The molecule has 1 aromatic heterocycles. The molecule has 4 nitrogen and oxygen atoms in total. The van der Waals surface area contributed by atoms with Gasteiger partial charge in [-0.05, 0) is 25.5 Å². The molecule has 0 saturated carbocycles. The first kappa shape index (κ1) is 13.5. The van der Waals surface area contributed by atoms with Crippen molar-refractivity contribution in [3.63, 3.8) is 0 Å². The second-order valence-corrected chi connectivity index (χ2v) is 5.41. The zero-order valence-electron chi connectivity index (χ0n) is 10.8. The zero-order chi connectivity index (χ0) is 13.8. The average molecular weight is 277 g/mol. The van der Waals surface area contributed by atoms with Gasteiger partial charge in [-0.25, -0.2) is 9.78 Å². The van der Waals surface area contributed by atoms with E-state index in [0.717, 1.165) is 16.3 Å². The van der Waals surface area contributed by atoms with Crippen LogP contribution in [0.5, 0.6) is 5.75 Å². The zero-order valence-corrected chi connectivity index (χ0v) is 11.7. The molecule has 100 valence electrons. The van der Waals surface area contributed by atoms with E-state index in [1.807, 2.05) is 26.0 Å². The maximum Gasteiger partial charge on any atom is 0.347 e. The Labute approximate surface area is 115 Å². The Hall–Kier alpha value is -1.88. The summed E-state index contributed by atoms with van der Waals surface area (Å²) in [7, 11) is 0. The Morgan fingerprint density at radius 3 is 2.84 bits per heavy atom. The Balaban J connectivity index is 1.90. The lowest BCUT2D eigenvalue weighted by molar-refractivity contribution is 0.0702. The van der Waals surface area contributed by atoms with E-state index in [-0.39, 0.29) is 4.88 Å². The molecule has 2 aromatic rings. The van der Waals surface area contributed by atoms with Crippen molar-refractivity contribution in [1.82, 2.24) is 4.98 Å². The first-order valence-corrected chi connectivity index (χ1v) is 6.76. The van der Waals surface area contributed by atoms with Crippen LogP contribution in [0.25, 0.3) is 0 Å². The van der Waals surface area contributed by atoms with Gasteiger partial charge < -0.3 is 9.84 Å². The summed E-state index contributed by atoms with van der Waals surface area (Å²) in [6, 6.07) is 6.03. The van der Waals surface area contributed by atoms with E-state index in [4.69, 9.17) is 9.84 Å². The number of hydrogen-bond donors (Lipinski definition) is 1. The molecular weight excluding hydrogens is 262 g/mol. The number of benzene rings is 1. The van der Waals surface area contributed by atoms with Gasteiger partial charge in [0.05, 0.1) is 17.8 Å². The lowest BCUT2D eigenvalue weighted by Crippen LogP contribution is -2.02. The molecule has 0 unspecified atom stereocenters. The van der Waals surface area contributed by atoms with E-state index in [9.17, 15) is 4.79 Å². The molecule has 0 amide bonds. The first-order chi connectivity index (χ1) is 9.06. The third-order valence-electron chi connectivity index (χ3n) is 2.67. The summed E-state index contributed by atoms with van der Waals surface area (Å²) in [5.41, 5.74) is 2.31. The summed E-state index contributed by atoms with van der Waals surface area (Å²) in [6.45, 7) is 4.55. The van der Waals surface area contributed by atoms with Crippen molar-refractivity contribution in [3.05, 3.63) is 45.4 Å². The molecule has 0 saturated heterocycles. The number of carboxylic acid groups (broad SMARTS) is 1. The van der Waals surface area contributed by atoms with Crippen LogP contribution >= 0.6 is 11.3 Å². The Morgan fingerprint density at radius 1 is 1.42 bits per heavy atom. The maximum atomic E-state index is 10.7. The molecule has 1 N–H and O–H groups in total. The highest BCUT2D eigenvalue weighted by molar-refractivity contribution is 7.13. The predicted octanol–water partition coefficient (Wildman–Crippen LogP) is 3.08. The van der Waals surface area contributed by atoms with Crippen LogP contribution in [0.1, 0.15) is 25.8 Å². The van der Waals surface area contributed by atoms with Crippen molar-refractivity contribution in [3.8, 4) is 5.75 Å². The van der Waals surface area contributed by atoms with Crippen molar-refractivity contribution in [2.75, 3.05) is 6.61 Å². The van der Waals surface area contributed by atoms with Crippen molar-refractivity contribution in [2.24, 2.45) is 0 Å². The molecule has 0 aliphatic rings. The number of nitrogens with zero attached hydrogens (tertiary/aromatic N) is 1. The van der Waals surface area contributed by atoms with Gasteiger partial charge >= 0.3 is 5.97 Å². The number of thiazole rings is 1. The molecule has 0 radical (unpaired) electrons. The summed E-state index contributed by atoms with van der Waals surface area (Å²) >= 11 is 1.19. The molecule has 0 spiro atoms. The number of carboxylic acids is 1. The topological polar surface area (TPSA) is 59.4 Å². The summed E-state index contributed by atoms with van der Waals surface area (Å²) in [5, 5.41) is 9.58. The molecule has 0 aliphatic heterocycles. The standard InChI is InChI=1S/C14H15NO3S/c1-9-3-4-11(10(2)7-9)18-6-5-13-15-8-12(19-13)14(16)17/h3-4,7-8H,5-6H2,1-2H3,(H,16,17). The lowest BCUT2D eigenvalue weighted by Gasteiger charge is -2.08. The predicted molar refractivity (Wildman–Crippen MR) is 74.2 cm³/mol. The second kappa shape index (κ2) is 5.84. The van der Waals surface area contributed by atoms with E-state index < -0.39 is 5.97 Å². The van der Waals surface area contributed by atoms with Crippen molar-refractivity contribution in [1.29, 1.82) is 0 Å². The first-order valence-electron chi connectivity index (χ1n) is 5.94. The minimum absolute atomic E-state index is 0.265. The summed E-state index contributed by atoms with van der Waals surface area (Å²) < 4.78 is 5.68. The largest absolute Gasteiger partial charge is 0.493 e. The van der Waals surface area contributed by atoms with E-state index in [1.165, 1.54) is 23.1 Å². The number of aryl methyl sites for hydroxylation is 2. The number of carbonyl (C=O) groups is 1. The molecule has 2 rings (SSSR count). The number of rotatable bonds is 5. The molecule has 5 heteroatoms. The minimum atomic E-state index is -0.931. The van der Waals surface area contributed by atoms with Crippen LogP contribution < -0.4 is 4.74 Å². The molecule has 0 atom stereocenters. The van der Waals surface area contributed by atoms with Crippen LogP contribution in [0.4, 0.5) is 0 Å². The number of aromatic carboxylic acids is 1. The number of hydrogen-bond acceptors (Lipinski definition) is 4. The fourth-order valence-corrected chi connectivity index (χ4v) is 2.47. The van der Waals surface area contributed by atoms with Crippen molar-refractivity contribution >= 4 is 17.3 Å². The van der Waals surface area contributed by atoms with Gasteiger partial charge in [0.15, 0.2) is 0 Å². The van der Waals surface area contributed by atoms with E-state index in [1.54, 1.807) is 0 Å². The van der Waals surface area contributed by atoms with Crippen molar-refractivity contribution in [2.45, 2.75) is 20.3 Å². The van der Waals surface area contributed by atoms with Gasteiger partial charge in [0.2, 0.25) is 0 Å². The van der Waals surface area contributed by atoms with Crippen LogP contribution in [-0.2, 0) is 6.42 Å². The van der Waals surface area contributed by atoms with Crippen LogP contribution in [0.3, 0.4) is 0 Å². The van der Waals surface area contributed by atoms with Gasteiger partial charge in [0.25, 0.3) is 0 Å². The Bertz CT molecular complexity index is 592. The monoisotopic (exact) mass is 277 g/mol. The SMILES string of the molecule is Cc1ccc(OCCc2ncc(C(=O)O)s2)c(C)c1. The summed E-state index contributed by atoms with van der Waals surface area (Å²) in [5.74, 6) is -0.0698. The maximum absolute atomic E-state index is 10.7. The van der Waals surface area contributed by atoms with E-state index >= 15 is 0 Å². The van der Waals surface area contributed by atoms with Crippen LogP contribution in [0, 0.1) is 13.8 Å². The van der Waals surface area contributed by atoms with Gasteiger partial charge in [-0.2, -0.15) is 0 Å². The average Bonchev–Trinajstić information content (AvgIpc) is 2.81. The summed E-state index contributed by atoms with van der Waals surface area (Å²) in [4.78, 5) is 15.1. The molecule has 0 fully saturated rings. The van der Waals surface area contributed by atoms with Gasteiger partial charge in [-0.15, -0.1) is 11.3 Å². The fraction of sp³-hybridized carbons (Fsp3) is 0.286. The van der Waals surface area contributed by atoms with Gasteiger partial charge in [0, 0.05) is 6.42 Å². The highest BCUT2D eigenvalue weighted by atomic mass is 32.1. The number of aromatic nitrogens is 1. The van der Waals surface area contributed by atoms with Gasteiger partial charge in [-0.1, -0.05) is 17.7 Å². The Morgan fingerprint density at radius 2 is 2.21 bits per heavy atom. The lowest BCUT2D eigenvalue weighted by atomic mass is 10.1. The molecular formula is C14H15NO3S. The van der Waals surface area contributed by atoms with E-state index in [0.29, 0.717) is 13.0 Å². The van der Waals surface area contributed by atoms with E-state index in [2.05, 4.69) is 11.1 Å². The minimum Gasteiger partial charge on any atom is -0.493 e. The molecule has 1 heterocycles. The van der Waals surface area contributed by atoms with Crippen LogP contribution in [-0.4, -0.2) is 22.7 Å². The Kier molecular flexibility index (Phi) is 4.16. The highest BCUT2D eigenvalue weighted by Crippen LogP contribution is 2.19. The van der Waals surface area contributed by atoms with Gasteiger partial charge in [-0.3, -0.25) is 0 Å². The van der Waals surface area contributed by atoms with Crippen LogP contribution in [0.2, 0.25) is 0 Å². The smallest absolute Gasteiger partial charge is 0.347 e. The highest BCUT2D eigenvalue weighted by Gasteiger charge is 2.08. The second-order valence-electron chi connectivity index (χ2n) is 4.29.